The molecule has 1 saturated carbocycles. The Morgan fingerprint density at radius 1 is 1.26 bits per heavy atom. The highest BCUT2D eigenvalue weighted by molar-refractivity contribution is 5.22. The van der Waals surface area contributed by atoms with Crippen molar-refractivity contribution in [3.05, 3.63) is 35.4 Å². The molecule has 1 aromatic carbocycles. The molecule has 0 radical (unpaired) electrons. The van der Waals surface area contributed by atoms with Gasteiger partial charge >= 0.3 is 0 Å². The Labute approximate surface area is 117 Å². The van der Waals surface area contributed by atoms with E-state index in [1.807, 2.05) is 0 Å². The lowest BCUT2D eigenvalue weighted by molar-refractivity contribution is 0.114. The Bertz CT molecular complexity index is 383. The molecule has 1 atom stereocenters. The largest absolute Gasteiger partial charge is 0.393 e. The van der Waals surface area contributed by atoms with Crippen LogP contribution in [-0.2, 0) is 6.42 Å². The number of nitrogens with one attached hydrogen (secondary N) is 1. The Morgan fingerprint density at radius 2 is 2.00 bits per heavy atom. The fourth-order valence-electron chi connectivity index (χ4n) is 2.98. The van der Waals surface area contributed by atoms with E-state index >= 15 is 0 Å². The van der Waals surface area contributed by atoms with Crippen molar-refractivity contribution >= 4 is 0 Å². The lowest BCUT2D eigenvalue weighted by Crippen LogP contribution is -2.40. The zero-order valence-corrected chi connectivity index (χ0v) is 12.2. The van der Waals surface area contributed by atoms with E-state index in [4.69, 9.17) is 0 Å². The molecule has 0 bridgehead atoms. The van der Waals surface area contributed by atoms with Gasteiger partial charge in [0.1, 0.15) is 0 Å². The molecule has 19 heavy (non-hydrogen) atoms. The fraction of sp³-hybridized carbons (Fsp3) is 0.647. The van der Waals surface area contributed by atoms with Gasteiger partial charge in [-0.25, -0.2) is 0 Å². The molecule has 0 aromatic heterocycles. The first-order chi connectivity index (χ1) is 9.13. The molecule has 1 unspecified atom stereocenters. The summed E-state index contributed by atoms with van der Waals surface area (Å²) >= 11 is 0. The molecule has 106 valence electrons. The number of rotatable bonds is 5. The predicted octanol–water partition coefficient (Wildman–Crippen LogP) is 3.21. The highest BCUT2D eigenvalue weighted by Crippen LogP contribution is 2.19. The van der Waals surface area contributed by atoms with Gasteiger partial charge in [0.25, 0.3) is 0 Å². The van der Waals surface area contributed by atoms with Crippen molar-refractivity contribution in [1.29, 1.82) is 0 Å². The summed E-state index contributed by atoms with van der Waals surface area (Å²) in [5, 5.41) is 13.2. The summed E-state index contributed by atoms with van der Waals surface area (Å²) in [4.78, 5) is 0. The van der Waals surface area contributed by atoms with Crippen LogP contribution < -0.4 is 5.32 Å². The van der Waals surface area contributed by atoms with E-state index in [0.29, 0.717) is 12.1 Å². The first-order valence-electron chi connectivity index (χ1n) is 7.63. The number of benzene rings is 1. The van der Waals surface area contributed by atoms with Crippen LogP contribution in [0.4, 0.5) is 0 Å². The van der Waals surface area contributed by atoms with Crippen LogP contribution in [-0.4, -0.2) is 23.3 Å². The zero-order chi connectivity index (χ0) is 13.7. The Kier molecular flexibility index (Phi) is 5.41. The third-order valence-electron chi connectivity index (χ3n) is 4.17. The zero-order valence-electron chi connectivity index (χ0n) is 12.2. The van der Waals surface area contributed by atoms with E-state index < -0.39 is 0 Å². The summed E-state index contributed by atoms with van der Waals surface area (Å²) in [7, 11) is 0. The SMILES string of the molecule is Cc1cccc(CCC(C)NC2CCC(O)CC2)c1. The average molecular weight is 261 g/mol. The molecule has 1 aliphatic rings. The van der Waals surface area contributed by atoms with E-state index in [9.17, 15) is 5.11 Å². The summed E-state index contributed by atoms with van der Waals surface area (Å²) in [5.41, 5.74) is 2.78. The van der Waals surface area contributed by atoms with E-state index in [1.54, 1.807) is 0 Å². The molecule has 2 nitrogen and oxygen atoms in total. The average Bonchev–Trinajstić information content (AvgIpc) is 2.39. The van der Waals surface area contributed by atoms with E-state index in [2.05, 4.69) is 43.4 Å². The van der Waals surface area contributed by atoms with Gasteiger partial charge in [-0.2, -0.15) is 0 Å². The van der Waals surface area contributed by atoms with Gasteiger partial charge in [-0.05, 0) is 57.9 Å². The van der Waals surface area contributed by atoms with Crippen LogP contribution in [0.15, 0.2) is 24.3 Å². The van der Waals surface area contributed by atoms with Crippen molar-refractivity contribution in [3.63, 3.8) is 0 Å². The van der Waals surface area contributed by atoms with E-state index in [-0.39, 0.29) is 6.10 Å². The van der Waals surface area contributed by atoms with Crippen molar-refractivity contribution in [2.45, 2.75) is 70.6 Å². The topological polar surface area (TPSA) is 32.3 Å². The maximum absolute atomic E-state index is 9.51. The van der Waals surface area contributed by atoms with Gasteiger partial charge in [0.15, 0.2) is 0 Å². The Balaban J connectivity index is 1.71. The molecule has 1 fully saturated rings. The summed E-state index contributed by atoms with van der Waals surface area (Å²) in [5.74, 6) is 0. The summed E-state index contributed by atoms with van der Waals surface area (Å²) in [6, 6.07) is 9.96. The Morgan fingerprint density at radius 3 is 2.68 bits per heavy atom. The van der Waals surface area contributed by atoms with Gasteiger partial charge in [0.2, 0.25) is 0 Å². The smallest absolute Gasteiger partial charge is 0.0541 e. The molecule has 0 aliphatic heterocycles. The number of aliphatic hydroxyl groups is 1. The predicted molar refractivity (Wildman–Crippen MR) is 80.4 cm³/mol. The van der Waals surface area contributed by atoms with Gasteiger partial charge in [0, 0.05) is 12.1 Å². The molecule has 2 heteroatoms. The molecular weight excluding hydrogens is 234 g/mol. The van der Waals surface area contributed by atoms with Gasteiger partial charge < -0.3 is 10.4 Å². The maximum Gasteiger partial charge on any atom is 0.0541 e. The van der Waals surface area contributed by atoms with Crippen molar-refractivity contribution in [2.75, 3.05) is 0 Å². The first-order valence-corrected chi connectivity index (χ1v) is 7.63. The second kappa shape index (κ2) is 7.06. The highest BCUT2D eigenvalue weighted by Gasteiger charge is 2.20. The van der Waals surface area contributed by atoms with Crippen molar-refractivity contribution in [3.8, 4) is 0 Å². The quantitative estimate of drug-likeness (QED) is 0.853. The minimum Gasteiger partial charge on any atom is -0.393 e. The minimum absolute atomic E-state index is 0.0550. The van der Waals surface area contributed by atoms with Crippen molar-refractivity contribution < 1.29 is 5.11 Å². The number of hydrogen-bond donors (Lipinski definition) is 2. The third-order valence-corrected chi connectivity index (χ3v) is 4.17. The monoisotopic (exact) mass is 261 g/mol. The second-order valence-corrected chi connectivity index (χ2v) is 6.10. The lowest BCUT2D eigenvalue weighted by atomic mass is 9.92. The number of hydrogen-bond acceptors (Lipinski definition) is 2. The summed E-state index contributed by atoms with van der Waals surface area (Å²) in [6.07, 6.45) is 6.44. The first kappa shape index (κ1) is 14.5. The van der Waals surface area contributed by atoms with Gasteiger partial charge in [-0.1, -0.05) is 29.8 Å². The molecule has 0 heterocycles. The molecule has 0 amide bonds. The normalized spacial score (nSPS) is 25.2. The van der Waals surface area contributed by atoms with Gasteiger partial charge in [0.05, 0.1) is 6.10 Å². The third kappa shape index (κ3) is 4.96. The Hall–Kier alpha value is -0.860. The maximum atomic E-state index is 9.51. The fourth-order valence-corrected chi connectivity index (χ4v) is 2.98. The van der Waals surface area contributed by atoms with Gasteiger partial charge in [-0.3, -0.25) is 0 Å². The summed E-state index contributed by atoms with van der Waals surface area (Å²) in [6.45, 7) is 4.43. The molecule has 0 saturated heterocycles. The summed E-state index contributed by atoms with van der Waals surface area (Å²) < 4.78 is 0. The second-order valence-electron chi connectivity index (χ2n) is 6.10. The molecular formula is C17H27NO. The molecule has 0 spiro atoms. The van der Waals surface area contributed by atoms with Gasteiger partial charge in [-0.15, -0.1) is 0 Å². The number of aliphatic hydroxyl groups excluding tert-OH is 1. The molecule has 1 aliphatic carbocycles. The van der Waals surface area contributed by atoms with Crippen LogP contribution in [0.5, 0.6) is 0 Å². The van der Waals surface area contributed by atoms with Crippen LogP contribution in [0.3, 0.4) is 0 Å². The van der Waals surface area contributed by atoms with Crippen molar-refractivity contribution in [2.24, 2.45) is 0 Å². The molecule has 1 aromatic rings. The van der Waals surface area contributed by atoms with Crippen LogP contribution in [0.25, 0.3) is 0 Å². The molecule has 2 rings (SSSR count). The van der Waals surface area contributed by atoms with E-state index in [1.165, 1.54) is 17.5 Å². The number of aryl methyl sites for hydroxylation is 2. The van der Waals surface area contributed by atoms with Crippen molar-refractivity contribution in [1.82, 2.24) is 5.32 Å². The molecule has 2 N–H and O–H groups in total. The lowest BCUT2D eigenvalue weighted by Gasteiger charge is -2.29. The van der Waals surface area contributed by atoms with Crippen LogP contribution >= 0.6 is 0 Å². The van der Waals surface area contributed by atoms with Crippen LogP contribution in [0.2, 0.25) is 0 Å². The van der Waals surface area contributed by atoms with E-state index in [0.717, 1.165) is 32.1 Å². The minimum atomic E-state index is -0.0550. The van der Waals surface area contributed by atoms with Crippen LogP contribution in [0, 0.1) is 6.92 Å². The highest BCUT2D eigenvalue weighted by atomic mass is 16.3. The standard InChI is InChI=1S/C17H27NO/c1-13-4-3-5-15(12-13)7-6-14(2)18-16-8-10-17(19)11-9-16/h3-5,12,14,16-19H,6-11H2,1-2H3. The van der Waals surface area contributed by atoms with Crippen LogP contribution in [0.1, 0.15) is 50.2 Å².